The van der Waals surface area contributed by atoms with Crippen molar-refractivity contribution < 1.29 is 13.3 Å². The van der Waals surface area contributed by atoms with E-state index in [1.165, 1.54) is 12.1 Å². The third-order valence-corrected chi connectivity index (χ3v) is 5.39. The largest absolute Gasteiger partial charge is 0.367 e. The molecule has 0 aliphatic carbocycles. The summed E-state index contributed by atoms with van der Waals surface area (Å²) in [5.41, 5.74) is 0.889. The van der Waals surface area contributed by atoms with Crippen LogP contribution in [0.25, 0.3) is 0 Å². The highest BCUT2D eigenvalue weighted by molar-refractivity contribution is 7.89. The highest BCUT2D eigenvalue weighted by Crippen LogP contribution is 2.16. The molecule has 0 saturated carbocycles. The minimum Gasteiger partial charge on any atom is -0.367 e. The standard InChI is InChI=1S/C18H19N7O4S/c1-13-8-9-19-18(12-13)22-17-7-6-16(23-24-17)20-10-11-21-30(28,29)15-4-2-14(3-5-15)25(26)27/h2-9,12,21H,10-11H2,1H3,(H,20,23)(H,19,22,24). The van der Waals surface area contributed by atoms with Crippen molar-refractivity contribution in [2.24, 2.45) is 0 Å². The minimum atomic E-state index is -3.77. The van der Waals surface area contributed by atoms with Crippen LogP contribution < -0.4 is 15.4 Å². The second-order valence-corrected chi connectivity index (χ2v) is 7.99. The number of hydrogen-bond donors (Lipinski definition) is 3. The Balaban J connectivity index is 1.48. The third-order valence-electron chi connectivity index (χ3n) is 3.92. The molecule has 0 saturated heterocycles. The van der Waals surface area contributed by atoms with Gasteiger partial charge in [-0.25, -0.2) is 18.1 Å². The average molecular weight is 429 g/mol. The topological polar surface area (TPSA) is 152 Å². The zero-order valence-electron chi connectivity index (χ0n) is 15.9. The van der Waals surface area contributed by atoms with Crippen LogP contribution in [0.3, 0.4) is 0 Å². The molecular weight excluding hydrogens is 410 g/mol. The van der Waals surface area contributed by atoms with E-state index in [1.807, 2.05) is 19.1 Å². The summed E-state index contributed by atoms with van der Waals surface area (Å²) in [4.78, 5) is 14.2. The highest BCUT2D eigenvalue weighted by Gasteiger charge is 2.15. The summed E-state index contributed by atoms with van der Waals surface area (Å²) in [5.74, 6) is 1.66. The zero-order chi connectivity index (χ0) is 21.6. The van der Waals surface area contributed by atoms with Crippen molar-refractivity contribution in [2.45, 2.75) is 11.8 Å². The van der Waals surface area contributed by atoms with Gasteiger partial charge in [0, 0.05) is 31.4 Å². The molecule has 0 atom stereocenters. The lowest BCUT2D eigenvalue weighted by Gasteiger charge is -2.09. The van der Waals surface area contributed by atoms with Crippen LogP contribution in [0.2, 0.25) is 0 Å². The summed E-state index contributed by atoms with van der Waals surface area (Å²) < 4.78 is 26.8. The van der Waals surface area contributed by atoms with Crippen LogP contribution in [0, 0.1) is 17.0 Å². The number of rotatable bonds is 9. The number of benzene rings is 1. The number of nitrogens with zero attached hydrogens (tertiary/aromatic N) is 4. The Morgan fingerprint density at radius 1 is 0.967 bits per heavy atom. The number of nitro groups is 1. The zero-order valence-corrected chi connectivity index (χ0v) is 16.8. The maximum Gasteiger partial charge on any atom is 0.269 e. The van der Waals surface area contributed by atoms with E-state index in [1.54, 1.807) is 18.3 Å². The predicted octanol–water partition coefficient (Wildman–Crippen LogP) is 2.22. The number of nitrogens with one attached hydrogen (secondary N) is 3. The van der Waals surface area contributed by atoms with E-state index in [-0.39, 0.29) is 23.7 Å². The molecule has 0 radical (unpaired) electrons. The fourth-order valence-electron chi connectivity index (χ4n) is 2.44. The summed E-state index contributed by atoms with van der Waals surface area (Å²) in [5, 5.41) is 24.7. The second-order valence-electron chi connectivity index (χ2n) is 6.22. The first-order valence-corrected chi connectivity index (χ1v) is 10.3. The van der Waals surface area contributed by atoms with Gasteiger partial charge in [-0.05, 0) is 48.9 Å². The van der Waals surface area contributed by atoms with E-state index >= 15 is 0 Å². The van der Waals surface area contributed by atoms with Crippen LogP contribution >= 0.6 is 0 Å². The Bertz CT molecular complexity index is 1120. The molecule has 3 N–H and O–H groups in total. The predicted molar refractivity (Wildman–Crippen MR) is 111 cm³/mol. The fourth-order valence-corrected chi connectivity index (χ4v) is 3.47. The second kappa shape index (κ2) is 9.24. The van der Waals surface area contributed by atoms with E-state index in [9.17, 15) is 18.5 Å². The van der Waals surface area contributed by atoms with Gasteiger partial charge in [-0.1, -0.05) is 0 Å². The number of non-ortho nitro benzene ring substituents is 1. The monoisotopic (exact) mass is 429 g/mol. The molecule has 12 heteroatoms. The summed E-state index contributed by atoms with van der Waals surface area (Å²) in [6.45, 7) is 2.32. The Hall–Kier alpha value is -3.64. The molecule has 0 bridgehead atoms. The van der Waals surface area contributed by atoms with Crippen molar-refractivity contribution in [1.82, 2.24) is 19.9 Å². The molecule has 0 spiro atoms. The molecule has 1 aromatic carbocycles. The van der Waals surface area contributed by atoms with Gasteiger partial charge in [0.1, 0.15) is 11.6 Å². The lowest BCUT2D eigenvalue weighted by Crippen LogP contribution is -2.29. The first-order valence-electron chi connectivity index (χ1n) is 8.85. The molecule has 0 amide bonds. The van der Waals surface area contributed by atoms with Crippen molar-refractivity contribution in [3.05, 3.63) is 70.4 Å². The first-order chi connectivity index (χ1) is 14.3. The average Bonchev–Trinajstić information content (AvgIpc) is 2.72. The van der Waals surface area contributed by atoms with Crippen molar-refractivity contribution in [3.63, 3.8) is 0 Å². The van der Waals surface area contributed by atoms with Crippen LogP contribution in [-0.2, 0) is 10.0 Å². The van der Waals surface area contributed by atoms with Crippen LogP contribution in [0.4, 0.5) is 23.1 Å². The molecule has 11 nitrogen and oxygen atoms in total. The van der Waals surface area contributed by atoms with Gasteiger partial charge < -0.3 is 10.6 Å². The molecule has 2 heterocycles. The van der Waals surface area contributed by atoms with E-state index in [0.717, 1.165) is 17.7 Å². The van der Waals surface area contributed by atoms with Crippen LogP contribution in [0.1, 0.15) is 5.56 Å². The lowest BCUT2D eigenvalue weighted by atomic mass is 10.3. The molecule has 0 aliphatic rings. The maximum atomic E-state index is 12.2. The number of aromatic nitrogens is 3. The number of aryl methyl sites for hydroxylation is 1. The Morgan fingerprint density at radius 2 is 1.67 bits per heavy atom. The van der Waals surface area contributed by atoms with Gasteiger partial charge in [-0.15, -0.1) is 10.2 Å². The molecule has 30 heavy (non-hydrogen) atoms. The molecule has 0 fully saturated rings. The van der Waals surface area contributed by atoms with Crippen LogP contribution in [0.15, 0.2) is 59.6 Å². The van der Waals surface area contributed by atoms with Gasteiger partial charge in [0.25, 0.3) is 5.69 Å². The Labute approximate surface area is 172 Å². The summed E-state index contributed by atoms with van der Waals surface area (Å²) in [7, 11) is -3.77. The SMILES string of the molecule is Cc1ccnc(Nc2ccc(NCCNS(=O)(=O)c3ccc([N+](=O)[O-])cc3)nn2)c1. The quantitative estimate of drug-likeness (QED) is 0.264. The van der Waals surface area contributed by atoms with E-state index < -0.39 is 14.9 Å². The number of hydrogen-bond acceptors (Lipinski definition) is 9. The molecule has 0 aliphatic heterocycles. The number of nitro benzene ring substituents is 1. The Kier molecular flexibility index (Phi) is 6.49. The highest BCUT2D eigenvalue weighted by atomic mass is 32.2. The van der Waals surface area contributed by atoms with E-state index in [2.05, 4.69) is 30.5 Å². The van der Waals surface area contributed by atoms with Gasteiger partial charge in [-0.2, -0.15) is 0 Å². The fraction of sp³-hybridized carbons (Fsp3) is 0.167. The lowest BCUT2D eigenvalue weighted by molar-refractivity contribution is -0.384. The number of pyridine rings is 1. The summed E-state index contributed by atoms with van der Waals surface area (Å²) in [6, 6.07) is 11.9. The van der Waals surface area contributed by atoms with Crippen molar-refractivity contribution in [1.29, 1.82) is 0 Å². The van der Waals surface area contributed by atoms with Crippen molar-refractivity contribution in [3.8, 4) is 0 Å². The molecule has 0 unspecified atom stereocenters. The molecule has 3 aromatic rings. The van der Waals surface area contributed by atoms with Crippen molar-refractivity contribution in [2.75, 3.05) is 23.7 Å². The van der Waals surface area contributed by atoms with Crippen LogP contribution in [-0.4, -0.2) is 41.6 Å². The van der Waals surface area contributed by atoms with Gasteiger partial charge >= 0.3 is 0 Å². The van der Waals surface area contributed by atoms with Gasteiger partial charge in [0.2, 0.25) is 10.0 Å². The normalized spacial score (nSPS) is 11.1. The smallest absolute Gasteiger partial charge is 0.269 e. The minimum absolute atomic E-state index is 0.0481. The number of sulfonamides is 1. The van der Waals surface area contributed by atoms with E-state index in [0.29, 0.717) is 17.5 Å². The maximum absolute atomic E-state index is 12.2. The van der Waals surface area contributed by atoms with E-state index in [4.69, 9.17) is 0 Å². The molecule has 2 aromatic heterocycles. The Morgan fingerprint density at radius 3 is 2.30 bits per heavy atom. The summed E-state index contributed by atoms with van der Waals surface area (Å²) in [6.07, 6.45) is 1.69. The summed E-state index contributed by atoms with van der Waals surface area (Å²) >= 11 is 0. The van der Waals surface area contributed by atoms with Gasteiger partial charge in [0.05, 0.1) is 9.82 Å². The first kappa shape index (κ1) is 21.1. The van der Waals surface area contributed by atoms with Gasteiger partial charge in [0.15, 0.2) is 5.82 Å². The van der Waals surface area contributed by atoms with Crippen molar-refractivity contribution >= 4 is 33.2 Å². The molecule has 3 rings (SSSR count). The molecular formula is C18H19N7O4S. The van der Waals surface area contributed by atoms with Gasteiger partial charge in [-0.3, -0.25) is 10.1 Å². The number of anilines is 3. The van der Waals surface area contributed by atoms with Crippen LogP contribution in [0.5, 0.6) is 0 Å². The third kappa shape index (κ3) is 5.68. The molecule has 156 valence electrons.